The van der Waals surface area contributed by atoms with Crippen molar-refractivity contribution in [3.05, 3.63) is 33.3 Å². The molecule has 1 N–H and O–H groups in total. The molecular weight excluding hydrogens is 322 g/mol. The Kier molecular flexibility index (Phi) is 8.05. The molecule has 0 aliphatic carbocycles. The molecule has 1 nitrogen and oxygen atoms in total. The van der Waals surface area contributed by atoms with Crippen molar-refractivity contribution >= 4 is 27.5 Å². The molecule has 0 spiro atoms. The zero-order chi connectivity index (χ0) is 14.3. The van der Waals surface area contributed by atoms with Crippen LogP contribution < -0.4 is 5.32 Å². The van der Waals surface area contributed by atoms with Gasteiger partial charge in [0.15, 0.2) is 0 Å². The van der Waals surface area contributed by atoms with Gasteiger partial charge in [-0.15, -0.1) is 0 Å². The zero-order valence-electron chi connectivity index (χ0n) is 12.2. The Morgan fingerprint density at radius 2 is 2.05 bits per heavy atom. The van der Waals surface area contributed by atoms with Gasteiger partial charge in [0.25, 0.3) is 0 Å². The maximum atomic E-state index is 6.02. The molecule has 0 radical (unpaired) electrons. The molecular formula is C16H25BrClN. The van der Waals surface area contributed by atoms with E-state index in [0.29, 0.717) is 6.04 Å². The Morgan fingerprint density at radius 1 is 1.32 bits per heavy atom. The zero-order valence-corrected chi connectivity index (χ0v) is 14.5. The molecule has 1 aromatic rings. The third-order valence-electron chi connectivity index (χ3n) is 3.80. The monoisotopic (exact) mass is 345 g/mol. The Hall–Kier alpha value is -0.0500. The summed E-state index contributed by atoms with van der Waals surface area (Å²) in [5.41, 5.74) is 1.31. The molecule has 1 rings (SSSR count). The van der Waals surface area contributed by atoms with Gasteiger partial charge in [0.05, 0.1) is 0 Å². The Labute approximate surface area is 131 Å². The Morgan fingerprint density at radius 3 is 2.58 bits per heavy atom. The summed E-state index contributed by atoms with van der Waals surface area (Å²) in [6.45, 7) is 4.56. The van der Waals surface area contributed by atoms with Crippen molar-refractivity contribution in [3.63, 3.8) is 0 Å². The van der Waals surface area contributed by atoms with Crippen molar-refractivity contribution in [3.8, 4) is 0 Å². The van der Waals surface area contributed by atoms with Gasteiger partial charge in [-0.1, -0.05) is 73.1 Å². The van der Waals surface area contributed by atoms with E-state index in [1.807, 2.05) is 19.2 Å². The number of unbranched alkanes of at least 4 members (excludes halogenated alkanes) is 1. The van der Waals surface area contributed by atoms with E-state index in [2.05, 4.69) is 41.2 Å². The molecule has 0 amide bonds. The molecule has 108 valence electrons. The summed E-state index contributed by atoms with van der Waals surface area (Å²) in [5, 5.41) is 4.23. The Balaban J connectivity index is 2.76. The van der Waals surface area contributed by atoms with Crippen LogP contribution in [0, 0.1) is 5.92 Å². The summed E-state index contributed by atoms with van der Waals surface area (Å²) in [6, 6.07) is 6.47. The first-order valence-electron chi connectivity index (χ1n) is 7.24. The van der Waals surface area contributed by atoms with E-state index in [0.717, 1.165) is 15.4 Å². The lowest BCUT2D eigenvalue weighted by molar-refractivity contribution is 0.364. The standard InChI is InChI=1S/C16H25BrClN/c1-4-6-7-12(5-2)10-16(19-3)14-9-8-13(18)11-15(14)17/h8-9,11-12,16,19H,4-7,10H2,1-3H3. The predicted octanol–water partition coefficient (Wildman–Crippen LogP) is 5.97. The molecule has 0 heterocycles. The first-order chi connectivity index (χ1) is 9.12. The van der Waals surface area contributed by atoms with Crippen molar-refractivity contribution < 1.29 is 0 Å². The quantitative estimate of drug-likeness (QED) is 0.611. The topological polar surface area (TPSA) is 12.0 Å². The normalized spacial score (nSPS) is 14.4. The molecule has 3 heteroatoms. The number of nitrogens with one attached hydrogen (secondary N) is 1. The maximum Gasteiger partial charge on any atom is 0.0417 e. The highest BCUT2D eigenvalue weighted by atomic mass is 79.9. The highest BCUT2D eigenvalue weighted by Gasteiger charge is 2.17. The first-order valence-corrected chi connectivity index (χ1v) is 8.41. The van der Waals surface area contributed by atoms with Crippen LogP contribution in [0.2, 0.25) is 5.02 Å². The molecule has 0 bridgehead atoms. The van der Waals surface area contributed by atoms with Gasteiger partial charge in [0.2, 0.25) is 0 Å². The van der Waals surface area contributed by atoms with Crippen LogP contribution in [-0.2, 0) is 0 Å². The largest absolute Gasteiger partial charge is 0.313 e. The summed E-state index contributed by atoms with van der Waals surface area (Å²) in [6.07, 6.45) is 6.38. The van der Waals surface area contributed by atoms with Gasteiger partial charge < -0.3 is 5.32 Å². The smallest absolute Gasteiger partial charge is 0.0417 e. The number of benzene rings is 1. The van der Waals surface area contributed by atoms with Gasteiger partial charge in [-0.05, 0) is 37.1 Å². The predicted molar refractivity (Wildman–Crippen MR) is 88.9 cm³/mol. The summed E-state index contributed by atoms with van der Waals surface area (Å²) in [4.78, 5) is 0. The van der Waals surface area contributed by atoms with Crippen molar-refractivity contribution in [1.29, 1.82) is 0 Å². The van der Waals surface area contributed by atoms with E-state index in [-0.39, 0.29) is 0 Å². The molecule has 1 aromatic carbocycles. The summed E-state index contributed by atoms with van der Waals surface area (Å²) < 4.78 is 1.10. The lowest BCUT2D eigenvalue weighted by Gasteiger charge is -2.24. The first kappa shape index (κ1) is 17.0. The van der Waals surface area contributed by atoms with E-state index in [1.165, 1.54) is 37.7 Å². The van der Waals surface area contributed by atoms with Gasteiger partial charge >= 0.3 is 0 Å². The molecule has 0 saturated heterocycles. The maximum absolute atomic E-state index is 6.02. The Bertz CT molecular complexity index is 381. The van der Waals surface area contributed by atoms with Crippen LogP contribution in [0.25, 0.3) is 0 Å². The van der Waals surface area contributed by atoms with Crippen LogP contribution in [0.4, 0.5) is 0 Å². The average Bonchev–Trinajstić information content (AvgIpc) is 2.40. The number of rotatable bonds is 8. The van der Waals surface area contributed by atoms with E-state index in [4.69, 9.17) is 11.6 Å². The van der Waals surface area contributed by atoms with Crippen LogP contribution in [0.1, 0.15) is 57.6 Å². The van der Waals surface area contributed by atoms with Gasteiger partial charge in [-0.25, -0.2) is 0 Å². The molecule has 0 aliphatic rings. The minimum atomic E-state index is 0.397. The van der Waals surface area contributed by atoms with Gasteiger partial charge in [0, 0.05) is 15.5 Å². The molecule has 0 fully saturated rings. The van der Waals surface area contributed by atoms with Crippen LogP contribution in [0.15, 0.2) is 22.7 Å². The molecule has 0 aromatic heterocycles. The summed E-state index contributed by atoms with van der Waals surface area (Å²) >= 11 is 9.64. The van der Waals surface area contributed by atoms with Crippen LogP contribution in [0.5, 0.6) is 0 Å². The lowest BCUT2D eigenvalue weighted by atomic mass is 9.89. The molecule has 2 atom stereocenters. The molecule has 0 aliphatic heterocycles. The average molecular weight is 347 g/mol. The van der Waals surface area contributed by atoms with Crippen LogP contribution in [0.3, 0.4) is 0 Å². The fourth-order valence-electron chi connectivity index (χ4n) is 2.50. The van der Waals surface area contributed by atoms with Crippen molar-refractivity contribution in [2.75, 3.05) is 7.05 Å². The van der Waals surface area contributed by atoms with E-state index >= 15 is 0 Å². The summed E-state index contributed by atoms with van der Waals surface area (Å²) in [5.74, 6) is 0.792. The number of hydrogen-bond donors (Lipinski definition) is 1. The van der Waals surface area contributed by atoms with E-state index in [9.17, 15) is 0 Å². The highest BCUT2D eigenvalue weighted by Crippen LogP contribution is 2.32. The molecule has 19 heavy (non-hydrogen) atoms. The summed E-state index contributed by atoms with van der Waals surface area (Å²) in [7, 11) is 2.04. The second-order valence-electron chi connectivity index (χ2n) is 5.16. The number of halogens is 2. The third kappa shape index (κ3) is 5.45. The van der Waals surface area contributed by atoms with Gasteiger partial charge in [-0.3, -0.25) is 0 Å². The molecule has 2 unspecified atom stereocenters. The van der Waals surface area contributed by atoms with Gasteiger partial charge in [-0.2, -0.15) is 0 Å². The van der Waals surface area contributed by atoms with Crippen molar-refractivity contribution in [2.45, 2.75) is 52.0 Å². The SMILES string of the molecule is CCCCC(CC)CC(NC)c1ccc(Cl)cc1Br. The van der Waals surface area contributed by atoms with Crippen molar-refractivity contribution in [1.82, 2.24) is 5.32 Å². The third-order valence-corrected chi connectivity index (χ3v) is 4.72. The highest BCUT2D eigenvalue weighted by molar-refractivity contribution is 9.10. The second-order valence-corrected chi connectivity index (χ2v) is 6.45. The fourth-order valence-corrected chi connectivity index (χ4v) is 3.46. The molecule has 0 saturated carbocycles. The van der Waals surface area contributed by atoms with Crippen LogP contribution >= 0.6 is 27.5 Å². The number of hydrogen-bond acceptors (Lipinski definition) is 1. The minimum absolute atomic E-state index is 0.397. The van der Waals surface area contributed by atoms with E-state index < -0.39 is 0 Å². The van der Waals surface area contributed by atoms with Gasteiger partial charge in [0.1, 0.15) is 0 Å². The van der Waals surface area contributed by atoms with Crippen LogP contribution in [-0.4, -0.2) is 7.05 Å². The van der Waals surface area contributed by atoms with E-state index in [1.54, 1.807) is 0 Å². The second kappa shape index (κ2) is 8.99. The minimum Gasteiger partial charge on any atom is -0.313 e. The van der Waals surface area contributed by atoms with Crippen molar-refractivity contribution in [2.24, 2.45) is 5.92 Å². The fraction of sp³-hybridized carbons (Fsp3) is 0.625. The lowest BCUT2D eigenvalue weighted by Crippen LogP contribution is -2.20.